The Morgan fingerprint density at radius 3 is 2.63 bits per heavy atom. The van der Waals surface area contributed by atoms with Gasteiger partial charge in [0, 0.05) is 0 Å². The highest BCUT2D eigenvalue weighted by molar-refractivity contribution is 5.95. The lowest BCUT2D eigenvalue weighted by Crippen LogP contribution is -2.14. The number of hydrogen-bond donors (Lipinski definition) is 0. The van der Waals surface area contributed by atoms with Crippen molar-refractivity contribution in [2.75, 3.05) is 0 Å². The molecule has 100 valence electrons. The Morgan fingerprint density at radius 2 is 1.89 bits per heavy atom. The Morgan fingerprint density at radius 1 is 1.16 bits per heavy atom. The highest BCUT2D eigenvalue weighted by Gasteiger charge is 2.11. The first-order valence-corrected chi connectivity index (χ1v) is 6.90. The molecular formula is C17H20O2. The smallest absolute Gasteiger partial charge is 0.338 e. The Kier molecular flexibility index (Phi) is 4.56. The van der Waals surface area contributed by atoms with Crippen molar-refractivity contribution < 1.29 is 9.53 Å². The molecule has 0 heterocycles. The summed E-state index contributed by atoms with van der Waals surface area (Å²) in [6, 6.07) is 13.7. The minimum absolute atomic E-state index is 0.0149. The van der Waals surface area contributed by atoms with Gasteiger partial charge in [-0.15, -0.1) is 0 Å². The van der Waals surface area contributed by atoms with E-state index in [0.717, 1.165) is 30.0 Å². The van der Waals surface area contributed by atoms with Crippen molar-refractivity contribution >= 4 is 16.7 Å². The molecule has 2 aromatic carbocycles. The van der Waals surface area contributed by atoms with E-state index in [1.54, 1.807) is 0 Å². The third kappa shape index (κ3) is 3.57. The van der Waals surface area contributed by atoms with Crippen LogP contribution in [-0.4, -0.2) is 12.1 Å². The zero-order chi connectivity index (χ0) is 13.7. The van der Waals surface area contributed by atoms with E-state index in [4.69, 9.17) is 4.74 Å². The molecular weight excluding hydrogens is 236 g/mol. The fraction of sp³-hybridized carbons (Fsp3) is 0.353. The number of carbonyl (C=O) groups is 1. The van der Waals surface area contributed by atoms with Gasteiger partial charge in [0.1, 0.15) is 0 Å². The van der Waals surface area contributed by atoms with Crippen LogP contribution in [0, 0.1) is 0 Å². The first-order chi connectivity index (χ1) is 9.20. The molecule has 0 unspecified atom stereocenters. The Labute approximate surface area is 114 Å². The molecule has 0 aliphatic rings. The molecule has 2 rings (SSSR count). The van der Waals surface area contributed by atoms with Gasteiger partial charge in [0.05, 0.1) is 11.7 Å². The molecule has 0 saturated carbocycles. The fourth-order valence-electron chi connectivity index (χ4n) is 2.12. The standard InChI is InChI=1S/C17H20O2/c1-3-4-7-13(2)19-17(18)16-11-10-14-8-5-6-9-15(14)12-16/h5-6,8-13H,3-4,7H2,1-2H3/t13-/m1/s1. The zero-order valence-electron chi connectivity index (χ0n) is 11.6. The second kappa shape index (κ2) is 6.37. The van der Waals surface area contributed by atoms with Gasteiger partial charge in [0.2, 0.25) is 0 Å². The summed E-state index contributed by atoms with van der Waals surface area (Å²) in [5.41, 5.74) is 0.627. The number of ether oxygens (including phenoxy) is 1. The van der Waals surface area contributed by atoms with Crippen LogP contribution in [-0.2, 0) is 4.74 Å². The maximum Gasteiger partial charge on any atom is 0.338 e. The van der Waals surface area contributed by atoms with Gasteiger partial charge in [-0.25, -0.2) is 4.79 Å². The average Bonchev–Trinajstić information content (AvgIpc) is 2.44. The highest BCUT2D eigenvalue weighted by Crippen LogP contribution is 2.17. The number of benzene rings is 2. The largest absolute Gasteiger partial charge is 0.459 e. The Balaban J connectivity index is 2.08. The number of unbranched alkanes of at least 4 members (excludes halogenated alkanes) is 1. The lowest BCUT2D eigenvalue weighted by Gasteiger charge is -2.13. The number of carbonyl (C=O) groups excluding carboxylic acids is 1. The van der Waals surface area contributed by atoms with E-state index in [1.807, 2.05) is 49.4 Å². The molecule has 0 bridgehead atoms. The summed E-state index contributed by atoms with van der Waals surface area (Å²) in [4.78, 5) is 12.0. The van der Waals surface area contributed by atoms with Crippen LogP contribution in [0.1, 0.15) is 43.5 Å². The molecule has 0 radical (unpaired) electrons. The third-order valence-corrected chi connectivity index (χ3v) is 3.26. The van der Waals surface area contributed by atoms with Crippen LogP contribution in [0.4, 0.5) is 0 Å². The lowest BCUT2D eigenvalue weighted by molar-refractivity contribution is 0.0320. The number of fused-ring (bicyclic) bond motifs is 1. The van der Waals surface area contributed by atoms with Gasteiger partial charge in [-0.2, -0.15) is 0 Å². The van der Waals surface area contributed by atoms with Gasteiger partial charge in [0.15, 0.2) is 0 Å². The number of hydrogen-bond acceptors (Lipinski definition) is 2. The van der Waals surface area contributed by atoms with E-state index in [1.165, 1.54) is 0 Å². The van der Waals surface area contributed by atoms with Gasteiger partial charge >= 0.3 is 5.97 Å². The monoisotopic (exact) mass is 256 g/mol. The minimum atomic E-state index is -0.227. The predicted molar refractivity (Wildman–Crippen MR) is 78.4 cm³/mol. The van der Waals surface area contributed by atoms with Crippen LogP contribution in [0.25, 0.3) is 10.8 Å². The molecule has 0 N–H and O–H groups in total. The first-order valence-electron chi connectivity index (χ1n) is 6.90. The van der Waals surface area contributed by atoms with Crippen molar-refractivity contribution in [3.05, 3.63) is 48.0 Å². The molecule has 2 nitrogen and oxygen atoms in total. The van der Waals surface area contributed by atoms with Gasteiger partial charge in [-0.1, -0.05) is 50.1 Å². The van der Waals surface area contributed by atoms with Gasteiger partial charge in [-0.05, 0) is 36.2 Å². The summed E-state index contributed by atoms with van der Waals surface area (Å²) in [5.74, 6) is -0.227. The van der Waals surface area contributed by atoms with Crippen LogP contribution < -0.4 is 0 Å². The fourth-order valence-corrected chi connectivity index (χ4v) is 2.12. The van der Waals surface area contributed by atoms with E-state index in [0.29, 0.717) is 5.56 Å². The van der Waals surface area contributed by atoms with E-state index in [2.05, 4.69) is 6.92 Å². The van der Waals surface area contributed by atoms with Crippen molar-refractivity contribution in [1.82, 2.24) is 0 Å². The molecule has 0 aliphatic heterocycles. The second-order valence-electron chi connectivity index (χ2n) is 4.92. The average molecular weight is 256 g/mol. The zero-order valence-corrected chi connectivity index (χ0v) is 11.6. The molecule has 2 heteroatoms. The quantitative estimate of drug-likeness (QED) is 0.732. The maximum absolute atomic E-state index is 12.0. The van der Waals surface area contributed by atoms with E-state index >= 15 is 0 Å². The first kappa shape index (κ1) is 13.6. The van der Waals surface area contributed by atoms with E-state index < -0.39 is 0 Å². The van der Waals surface area contributed by atoms with Crippen LogP contribution in [0.2, 0.25) is 0 Å². The molecule has 0 fully saturated rings. The summed E-state index contributed by atoms with van der Waals surface area (Å²) in [7, 11) is 0. The van der Waals surface area contributed by atoms with Gasteiger partial charge in [0.25, 0.3) is 0 Å². The van der Waals surface area contributed by atoms with Crippen LogP contribution in [0.15, 0.2) is 42.5 Å². The summed E-state index contributed by atoms with van der Waals surface area (Å²) in [6.07, 6.45) is 3.12. The second-order valence-corrected chi connectivity index (χ2v) is 4.92. The topological polar surface area (TPSA) is 26.3 Å². The molecule has 19 heavy (non-hydrogen) atoms. The van der Waals surface area contributed by atoms with Crippen LogP contribution in [0.3, 0.4) is 0 Å². The molecule has 0 aromatic heterocycles. The summed E-state index contributed by atoms with van der Waals surface area (Å²) < 4.78 is 5.45. The van der Waals surface area contributed by atoms with Crippen molar-refractivity contribution in [3.63, 3.8) is 0 Å². The van der Waals surface area contributed by atoms with Gasteiger partial charge in [-0.3, -0.25) is 0 Å². The highest BCUT2D eigenvalue weighted by atomic mass is 16.5. The Hall–Kier alpha value is -1.83. The maximum atomic E-state index is 12.0. The van der Waals surface area contributed by atoms with Gasteiger partial charge < -0.3 is 4.74 Å². The Bertz CT molecular complexity index is 560. The van der Waals surface area contributed by atoms with Crippen molar-refractivity contribution in [1.29, 1.82) is 0 Å². The normalized spacial score (nSPS) is 12.3. The summed E-state index contributed by atoms with van der Waals surface area (Å²) in [6.45, 7) is 4.09. The number of esters is 1. The molecule has 0 amide bonds. The molecule has 0 saturated heterocycles. The van der Waals surface area contributed by atoms with Crippen molar-refractivity contribution in [2.24, 2.45) is 0 Å². The molecule has 0 aliphatic carbocycles. The van der Waals surface area contributed by atoms with Crippen LogP contribution in [0.5, 0.6) is 0 Å². The lowest BCUT2D eigenvalue weighted by atomic mass is 10.1. The number of rotatable bonds is 5. The van der Waals surface area contributed by atoms with Crippen molar-refractivity contribution in [2.45, 2.75) is 39.2 Å². The molecule has 1 atom stereocenters. The van der Waals surface area contributed by atoms with E-state index in [-0.39, 0.29) is 12.1 Å². The van der Waals surface area contributed by atoms with E-state index in [9.17, 15) is 4.79 Å². The SMILES string of the molecule is CCCC[C@@H](C)OC(=O)c1ccc2ccccc2c1. The summed E-state index contributed by atoms with van der Waals surface area (Å²) in [5, 5.41) is 2.20. The van der Waals surface area contributed by atoms with Crippen LogP contribution >= 0.6 is 0 Å². The predicted octanol–water partition coefficient (Wildman–Crippen LogP) is 4.58. The summed E-state index contributed by atoms with van der Waals surface area (Å²) >= 11 is 0. The minimum Gasteiger partial charge on any atom is -0.459 e. The third-order valence-electron chi connectivity index (χ3n) is 3.26. The molecule has 0 spiro atoms. The van der Waals surface area contributed by atoms with Crippen molar-refractivity contribution in [3.8, 4) is 0 Å². The molecule has 2 aromatic rings.